The standard InChI is InChI=1S/C27H28N4O3.C27H30N4O.B.Na.H/c1-27(2,32)19-28-24-22-15-9-10-16-23(22)29-26(25(24)31(33)34)30(17-20-11-5-3-6-12-20)18-21-13-7-4-8-14-21;1-27(2,32)19-29-25-22-15-9-10-16-23(22)30-26(24(25)28)31(17-20-11-5-3-6-12-20)18-21-13-7-4-8-14-21;;;/h3-16,32H,17-19H2,1-2H3,(H,28,29);3-16,32H,17-19,28H2,1-2H3,(H,29,30);;;/q;;;+1;-1. The molecule has 8 aromatic rings. The number of nitrogens with two attached hydrogens (primary N) is 1. The van der Waals surface area contributed by atoms with Crippen LogP contribution in [0.25, 0.3) is 21.8 Å². The van der Waals surface area contributed by atoms with Crippen molar-refractivity contribution in [2.75, 3.05) is 39.3 Å². The molecule has 0 spiro atoms. The average Bonchev–Trinajstić information content (AvgIpc) is 3.30. The SMILES string of the molecule is CC(C)(O)CNc1c(N)c(N(Cc2ccccc2)Cc2ccccc2)nc2ccccc12.CC(C)(O)CNc1c([N+](=O)[O-])c(N(Cc2ccccc2)Cc2ccccc2)nc2ccccc12.[B].[H-].[Na+]. The number of nitrogens with zero attached hydrogens (tertiary/aromatic N) is 5. The van der Waals surface area contributed by atoms with Gasteiger partial charge in [0.2, 0.25) is 5.82 Å². The normalized spacial score (nSPS) is 11.1. The minimum atomic E-state index is -1.05. The van der Waals surface area contributed by atoms with Gasteiger partial charge in [-0.05, 0) is 62.1 Å². The van der Waals surface area contributed by atoms with Crippen molar-refractivity contribution in [2.24, 2.45) is 0 Å². The van der Waals surface area contributed by atoms with E-state index in [0.717, 1.165) is 33.5 Å². The van der Waals surface area contributed by atoms with Gasteiger partial charge in [0.1, 0.15) is 5.69 Å². The number of aliphatic hydroxyl groups is 2. The van der Waals surface area contributed by atoms with Crippen LogP contribution in [0.4, 0.5) is 34.4 Å². The van der Waals surface area contributed by atoms with Crippen molar-refractivity contribution in [3.05, 3.63) is 202 Å². The van der Waals surface area contributed by atoms with E-state index in [1.165, 1.54) is 11.1 Å². The van der Waals surface area contributed by atoms with Crippen molar-refractivity contribution in [3.8, 4) is 0 Å². The first-order valence-electron chi connectivity index (χ1n) is 22.1. The number of fused-ring (bicyclic) bond motifs is 2. The largest absolute Gasteiger partial charge is 1.00 e. The zero-order valence-electron chi connectivity index (χ0n) is 40.5. The fourth-order valence-electron chi connectivity index (χ4n) is 7.64. The summed E-state index contributed by atoms with van der Waals surface area (Å²) >= 11 is 0. The molecule has 0 aliphatic heterocycles. The monoisotopic (exact) mass is 917 g/mol. The number of hydrogen-bond donors (Lipinski definition) is 5. The Morgan fingerprint density at radius 1 is 0.544 bits per heavy atom. The molecule has 68 heavy (non-hydrogen) atoms. The third kappa shape index (κ3) is 14.3. The number of anilines is 5. The van der Waals surface area contributed by atoms with E-state index in [1.807, 2.05) is 150 Å². The van der Waals surface area contributed by atoms with Gasteiger partial charge < -0.3 is 37.8 Å². The van der Waals surface area contributed by atoms with Gasteiger partial charge >= 0.3 is 35.2 Å². The molecular weight excluding hydrogens is 858 g/mol. The maximum absolute atomic E-state index is 12.5. The Labute approximate surface area is 424 Å². The second kappa shape index (κ2) is 24.0. The van der Waals surface area contributed by atoms with Crippen LogP contribution in [0.15, 0.2) is 170 Å². The first kappa shape index (κ1) is 52.5. The molecule has 12 nitrogen and oxygen atoms in total. The summed E-state index contributed by atoms with van der Waals surface area (Å²) in [4.78, 5) is 26.0. The van der Waals surface area contributed by atoms with Gasteiger partial charge in [-0.2, -0.15) is 0 Å². The molecule has 6 aromatic carbocycles. The number of pyridine rings is 2. The summed E-state index contributed by atoms with van der Waals surface area (Å²) in [6, 6.07) is 55.7. The van der Waals surface area contributed by atoms with Gasteiger partial charge in [0, 0.05) is 58.5 Å². The Balaban J connectivity index is 0.000000288. The van der Waals surface area contributed by atoms with Crippen LogP contribution in [0.2, 0.25) is 0 Å². The summed E-state index contributed by atoms with van der Waals surface area (Å²) in [6.45, 7) is 9.66. The molecule has 0 aliphatic carbocycles. The number of hydrogen-bond acceptors (Lipinski definition) is 11. The van der Waals surface area contributed by atoms with E-state index >= 15 is 0 Å². The van der Waals surface area contributed by atoms with Crippen LogP contribution in [0.5, 0.6) is 0 Å². The van der Waals surface area contributed by atoms with Gasteiger partial charge in [-0.1, -0.05) is 158 Å². The second-order valence-corrected chi connectivity index (χ2v) is 17.7. The van der Waals surface area contributed by atoms with Crippen LogP contribution in [-0.2, 0) is 26.2 Å². The predicted octanol–water partition coefficient (Wildman–Crippen LogP) is 7.47. The van der Waals surface area contributed by atoms with Crippen molar-refractivity contribution in [2.45, 2.75) is 65.1 Å². The van der Waals surface area contributed by atoms with E-state index < -0.39 is 11.2 Å². The molecule has 14 heteroatoms. The zero-order chi connectivity index (χ0) is 46.7. The number of nitrogen functional groups attached to an aromatic ring is 1. The molecule has 0 saturated heterocycles. The maximum atomic E-state index is 12.5. The molecule has 0 amide bonds. The first-order chi connectivity index (χ1) is 31.7. The third-order valence-electron chi connectivity index (χ3n) is 10.8. The minimum absolute atomic E-state index is 0. The summed E-state index contributed by atoms with van der Waals surface area (Å²) in [5.74, 6) is 1.02. The fourth-order valence-corrected chi connectivity index (χ4v) is 7.64. The Morgan fingerprint density at radius 2 is 0.853 bits per heavy atom. The molecule has 3 radical (unpaired) electrons. The first-order valence-corrected chi connectivity index (χ1v) is 22.1. The summed E-state index contributed by atoms with van der Waals surface area (Å²) in [7, 11) is 0. The van der Waals surface area contributed by atoms with E-state index in [-0.39, 0.29) is 62.4 Å². The van der Waals surface area contributed by atoms with Gasteiger partial charge in [-0.15, -0.1) is 0 Å². The molecule has 2 aromatic heterocycles. The summed E-state index contributed by atoms with van der Waals surface area (Å²) in [5.41, 5.74) is 12.4. The van der Waals surface area contributed by atoms with E-state index in [4.69, 9.17) is 15.7 Å². The number of aromatic nitrogens is 2. The number of para-hydroxylation sites is 2. The number of nitro groups is 1. The van der Waals surface area contributed by atoms with Crippen molar-refractivity contribution in [1.29, 1.82) is 0 Å². The summed E-state index contributed by atoms with van der Waals surface area (Å²) in [5, 5.41) is 41.1. The molecule has 0 atom stereocenters. The van der Waals surface area contributed by atoms with Crippen LogP contribution in [-0.4, -0.2) is 57.8 Å². The molecule has 0 fully saturated rings. The quantitative estimate of drug-likeness (QED) is 0.0350. The van der Waals surface area contributed by atoms with Gasteiger partial charge in [0.15, 0.2) is 5.82 Å². The van der Waals surface area contributed by atoms with Gasteiger partial charge in [-0.3, -0.25) is 10.1 Å². The molecule has 0 unspecified atom stereocenters. The Morgan fingerprint density at radius 3 is 1.22 bits per heavy atom. The molecule has 343 valence electrons. The second-order valence-electron chi connectivity index (χ2n) is 17.7. The molecule has 0 saturated carbocycles. The van der Waals surface area contributed by atoms with Crippen LogP contribution in [0, 0.1) is 10.1 Å². The molecule has 0 bridgehead atoms. The van der Waals surface area contributed by atoms with E-state index in [1.54, 1.807) is 27.7 Å². The predicted molar refractivity (Wildman–Crippen MR) is 277 cm³/mol. The van der Waals surface area contributed by atoms with E-state index in [0.29, 0.717) is 55.0 Å². The summed E-state index contributed by atoms with van der Waals surface area (Å²) in [6.07, 6.45) is 0. The number of benzene rings is 6. The molecule has 2 heterocycles. The minimum Gasteiger partial charge on any atom is -1.00 e. The van der Waals surface area contributed by atoms with Crippen LogP contribution in [0.1, 0.15) is 51.4 Å². The molecule has 0 aliphatic rings. The summed E-state index contributed by atoms with van der Waals surface area (Å²) < 4.78 is 0. The van der Waals surface area contributed by atoms with Crippen molar-refractivity contribution in [3.63, 3.8) is 0 Å². The van der Waals surface area contributed by atoms with Crippen molar-refractivity contribution < 1.29 is 46.1 Å². The van der Waals surface area contributed by atoms with Crippen molar-refractivity contribution >= 4 is 64.6 Å². The smallest absolute Gasteiger partial charge is 1.00 e. The zero-order valence-corrected chi connectivity index (χ0v) is 41.5. The Bertz CT molecular complexity index is 2780. The van der Waals surface area contributed by atoms with Crippen LogP contribution >= 0.6 is 0 Å². The maximum Gasteiger partial charge on any atom is 1.00 e. The third-order valence-corrected chi connectivity index (χ3v) is 10.8. The van der Waals surface area contributed by atoms with Crippen LogP contribution in [0.3, 0.4) is 0 Å². The number of rotatable bonds is 17. The Kier molecular flexibility index (Phi) is 18.5. The topological polar surface area (TPSA) is 166 Å². The van der Waals surface area contributed by atoms with Gasteiger partial charge in [0.05, 0.1) is 38.5 Å². The molecule has 6 N–H and O–H groups in total. The molecule has 8 rings (SSSR count). The van der Waals surface area contributed by atoms with E-state index in [9.17, 15) is 20.3 Å². The molecular formula is C54H59BN8NaO4. The average molecular weight is 918 g/mol. The van der Waals surface area contributed by atoms with Gasteiger partial charge in [-0.25, -0.2) is 9.97 Å². The number of nitrogens with one attached hydrogen (secondary N) is 2. The van der Waals surface area contributed by atoms with E-state index in [2.05, 4.69) is 39.8 Å². The van der Waals surface area contributed by atoms with Crippen molar-refractivity contribution in [1.82, 2.24) is 9.97 Å². The fraction of sp³-hybridized carbons (Fsp3) is 0.222. The van der Waals surface area contributed by atoms with Crippen LogP contribution < -0.4 is 55.7 Å². The Hall–Kier alpha value is -6.48. The van der Waals surface area contributed by atoms with Gasteiger partial charge in [0.25, 0.3) is 0 Å².